The number of hydrogen-bond donors (Lipinski definition) is 0. The van der Waals surface area contributed by atoms with Gasteiger partial charge < -0.3 is 4.74 Å². The molecule has 5 aromatic rings. The second-order valence-corrected chi connectivity index (χ2v) is 8.71. The Morgan fingerprint density at radius 2 is 1.82 bits per heavy atom. The van der Waals surface area contributed by atoms with Crippen molar-refractivity contribution in [3.8, 4) is 22.3 Å². The van der Waals surface area contributed by atoms with Gasteiger partial charge in [0.15, 0.2) is 11.2 Å². The first kappa shape index (κ1) is 20.9. The molecule has 0 aliphatic heterocycles. The molecule has 0 spiro atoms. The summed E-state index contributed by atoms with van der Waals surface area (Å²) < 4.78 is 10.3. The monoisotopic (exact) mass is 459 g/mol. The molecule has 0 N–H and O–H groups in total. The Bertz CT molecular complexity index is 1580. The lowest BCUT2D eigenvalue weighted by Crippen LogP contribution is -2.37. The minimum Gasteiger partial charge on any atom is -0.425 e. The van der Waals surface area contributed by atoms with Gasteiger partial charge in [-0.2, -0.15) is 4.98 Å². The number of aryl methyl sites for hydroxylation is 2. The molecule has 166 valence electrons. The number of nitrogens with zero attached hydrogens (tertiary/aromatic N) is 5. The van der Waals surface area contributed by atoms with Gasteiger partial charge in [0, 0.05) is 31.2 Å². The van der Waals surface area contributed by atoms with Crippen LogP contribution >= 0.6 is 11.3 Å². The van der Waals surface area contributed by atoms with Crippen LogP contribution in [0.1, 0.15) is 11.1 Å². The van der Waals surface area contributed by atoms with Crippen molar-refractivity contribution in [1.82, 2.24) is 23.7 Å². The lowest BCUT2D eigenvalue weighted by molar-refractivity contribution is 0.421. The molecular formula is C24H21N5O3S. The van der Waals surface area contributed by atoms with Crippen LogP contribution in [-0.2, 0) is 20.6 Å². The molecule has 9 heteroatoms. The third-order valence-corrected chi connectivity index (χ3v) is 6.30. The SMILES string of the molecule is Cc1cccc(Cn2c(Oc3ccc(-c4nccs4)cc3)nc3c2c(=O)n(C)c(=O)n3C)c1. The molecule has 0 saturated heterocycles. The molecule has 0 unspecified atom stereocenters. The van der Waals surface area contributed by atoms with Crippen molar-refractivity contribution >= 4 is 22.5 Å². The van der Waals surface area contributed by atoms with Crippen molar-refractivity contribution in [3.63, 3.8) is 0 Å². The first-order valence-corrected chi connectivity index (χ1v) is 11.2. The fourth-order valence-electron chi connectivity index (χ4n) is 3.78. The maximum atomic E-state index is 13.0. The summed E-state index contributed by atoms with van der Waals surface area (Å²) in [6.45, 7) is 2.39. The molecule has 8 nitrogen and oxygen atoms in total. The van der Waals surface area contributed by atoms with E-state index in [0.717, 1.165) is 26.3 Å². The molecule has 2 aromatic carbocycles. The minimum absolute atomic E-state index is 0.242. The topological polar surface area (TPSA) is 83.9 Å². The van der Waals surface area contributed by atoms with Gasteiger partial charge in [-0.05, 0) is 36.8 Å². The van der Waals surface area contributed by atoms with Gasteiger partial charge in [-0.25, -0.2) is 9.78 Å². The molecule has 3 heterocycles. The Kier molecular flexibility index (Phi) is 5.18. The Labute approximate surface area is 193 Å². The summed E-state index contributed by atoms with van der Waals surface area (Å²) in [7, 11) is 3.06. The summed E-state index contributed by atoms with van der Waals surface area (Å²) >= 11 is 1.56. The van der Waals surface area contributed by atoms with E-state index in [1.54, 1.807) is 29.1 Å². The van der Waals surface area contributed by atoms with E-state index < -0.39 is 11.2 Å². The van der Waals surface area contributed by atoms with E-state index in [-0.39, 0.29) is 11.7 Å². The Balaban J connectivity index is 1.63. The van der Waals surface area contributed by atoms with Crippen LogP contribution in [0, 0.1) is 6.92 Å². The number of ether oxygens (including phenoxy) is 1. The van der Waals surface area contributed by atoms with E-state index in [4.69, 9.17) is 4.74 Å². The zero-order valence-corrected chi connectivity index (χ0v) is 19.2. The Morgan fingerprint density at radius 3 is 2.52 bits per heavy atom. The second-order valence-electron chi connectivity index (χ2n) is 7.81. The van der Waals surface area contributed by atoms with Crippen LogP contribution in [0.3, 0.4) is 0 Å². The van der Waals surface area contributed by atoms with Crippen LogP contribution < -0.4 is 16.0 Å². The summed E-state index contributed by atoms with van der Waals surface area (Å²) in [6, 6.07) is 15.8. The van der Waals surface area contributed by atoms with Gasteiger partial charge in [0.2, 0.25) is 0 Å². The van der Waals surface area contributed by atoms with E-state index >= 15 is 0 Å². The van der Waals surface area contributed by atoms with Crippen molar-refractivity contribution < 1.29 is 4.74 Å². The number of benzene rings is 2. The highest BCUT2D eigenvalue weighted by Gasteiger charge is 2.21. The van der Waals surface area contributed by atoms with Gasteiger partial charge in [-0.15, -0.1) is 11.3 Å². The number of thiazole rings is 1. The highest BCUT2D eigenvalue weighted by atomic mass is 32.1. The fourth-order valence-corrected chi connectivity index (χ4v) is 4.43. The average Bonchev–Trinajstić information content (AvgIpc) is 3.46. The number of hydrogen-bond acceptors (Lipinski definition) is 6. The molecular weight excluding hydrogens is 438 g/mol. The van der Waals surface area contributed by atoms with E-state index in [2.05, 4.69) is 9.97 Å². The van der Waals surface area contributed by atoms with Gasteiger partial charge in [0.05, 0.1) is 6.54 Å². The average molecular weight is 460 g/mol. The zero-order chi connectivity index (χ0) is 23.1. The highest BCUT2D eigenvalue weighted by Crippen LogP contribution is 2.28. The number of imidazole rings is 1. The number of rotatable bonds is 5. The quantitative estimate of drug-likeness (QED) is 0.400. The van der Waals surface area contributed by atoms with E-state index in [9.17, 15) is 9.59 Å². The molecule has 0 amide bonds. The third-order valence-electron chi connectivity index (χ3n) is 5.48. The van der Waals surface area contributed by atoms with Crippen molar-refractivity contribution in [1.29, 1.82) is 0 Å². The van der Waals surface area contributed by atoms with Crippen molar-refractivity contribution in [2.24, 2.45) is 14.1 Å². The molecule has 0 radical (unpaired) electrons. The first-order chi connectivity index (χ1) is 15.9. The largest absolute Gasteiger partial charge is 0.425 e. The van der Waals surface area contributed by atoms with Gasteiger partial charge in [0.1, 0.15) is 10.8 Å². The molecule has 3 aromatic heterocycles. The molecule has 33 heavy (non-hydrogen) atoms. The second kappa shape index (κ2) is 8.18. The van der Waals surface area contributed by atoms with E-state index in [1.807, 2.05) is 60.8 Å². The summed E-state index contributed by atoms with van der Waals surface area (Å²) in [5.74, 6) is 0.568. The molecule has 0 aliphatic rings. The lowest BCUT2D eigenvalue weighted by Gasteiger charge is -2.11. The molecule has 0 atom stereocenters. The Hall–Kier alpha value is -3.98. The summed E-state index contributed by atoms with van der Waals surface area (Å²) in [4.78, 5) is 34.4. The lowest BCUT2D eigenvalue weighted by atomic mass is 10.1. The highest BCUT2D eigenvalue weighted by molar-refractivity contribution is 7.13. The molecule has 0 aliphatic carbocycles. The van der Waals surface area contributed by atoms with Gasteiger partial charge in [-0.1, -0.05) is 29.8 Å². The summed E-state index contributed by atoms with van der Waals surface area (Å²) in [5.41, 5.74) is 2.84. The molecule has 5 rings (SSSR count). The van der Waals surface area contributed by atoms with Crippen LogP contribution in [0.2, 0.25) is 0 Å². The minimum atomic E-state index is -0.438. The first-order valence-electron chi connectivity index (χ1n) is 10.3. The standard InChI is InChI=1S/C24H21N5O3S/c1-15-5-4-6-16(13-15)14-29-19-20(27(2)24(31)28(3)22(19)30)26-23(29)32-18-9-7-17(8-10-18)21-25-11-12-33-21/h4-13H,14H2,1-3H3. The van der Waals surface area contributed by atoms with E-state index in [0.29, 0.717) is 17.8 Å². The molecule has 0 fully saturated rings. The maximum absolute atomic E-state index is 13.0. The van der Waals surface area contributed by atoms with Crippen molar-refractivity contribution in [2.45, 2.75) is 13.5 Å². The smallest absolute Gasteiger partial charge is 0.332 e. The molecule has 0 bridgehead atoms. The van der Waals surface area contributed by atoms with Crippen LogP contribution in [0.25, 0.3) is 21.7 Å². The predicted octanol–water partition coefficient (Wildman–Crippen LogP) is 3.71. The number of aromatic nitrogens is 5. The van der Waals surface area contributed by atoms with Crippen molar-refractivity contribution in [3.05, 3.63) is 92.1 Å². The summed E-state index contributed by atoms with van der Waals surface area (Å²) in [6.07, 6.45) is 1.77. The van der Waals surface area contributed by atoms with Crippen molar-refractivity contribution in [2.75, 3.05) is 0 Å². The zero-order valence-electron chi connectivity index (χ0n) is 18.3. The van der Waals surface area contributed by atoms with Crippen LogP contribution in [0.15, 0.2) is 69.7 Å². The van der Waals surface area contributed by atoms with Crippen LogP contribution in [-0.4, -0.2) is 23.7 Å². The van der Waals surface area contributed by atoms with Crippen LogP contribution in [0.4, 0.5) is 0 Å². The fraction of sp³-hybridized carbons (Fsp3) is 0.167. The molecule has 0 saturated carbocycles. The Morgan fingerprint density at radius 1 is 1.03 bits per heavy atom. The van der Waals surface area contributed by atoms with Gasteiger partial charge in [0.25, 0.3) is 5.56 Å². The van der Waals surface area contributed by atoms with Crippen LogP contribution in [0.5, 0.6) is 11.8 Å². The van der Waals surface area contributed by atoms with E-state index in [1.165, 1.54) is 11.6 Å². The maximum Gasteiger partial charge on any atom is 0.332 e. The third kappa shape index (κ3) is 3.76. The number of fused-ring (bicyclic) bond motifs is 1. The van der Waals surface area contributed by atoms with Gasteiger partial charge >= 0.3 is 11.7 Å². The van der Waals surface area contributed by atoms with Gasteiger partial charge in [-0.3, -0.25) is 18.5 Å². The summed E-state index contributed by atoms with van der Waals surface area (Å²) in [5, 5.41) is 2.85. The predicted molar refractivity (Wildman–Crippen MR) is 128 cm³/mol. The normalized spacial score (nSPS) is 11.2.